The number of nitrogens with zero attached hydrogens (tertiary/aromatic N) is 1. The second-order valence-corrected chi connectivity index (χ2v) is 6.12. The van der Waals surface area contributed by atoms with Gasteiger partial charge in [-0.25, -0.2) is 4.90 Å². The van der Waals surface area contributed by atoms with Gasteiger partial charge in [-0.15, -0.1) is 0 Å². The van der Waals surface area contributed by atoms with Gasteiger partial charge in [0.25, 0.3) is 11.8 Å². The van der Waals surface area contributed by atoms with E-state index >= 15 is 0 Å². The lowest BCUT2D eigenvalue weighted by Gasteiger charge is -2.18. The quantitative estimate of drug-likeness (QED) is 0.594. The van der Waals surface area contributed by atoms with E-state index in [0.717, 1.165) is 4.90 Å². The second-order valence-electron chi connectivity index (χ2n) is 4.93. The molecule has 1 heterocycles. The van der Waals surface area contributed by atoms with Crippen LogP contribution in [0.3, 0.4) is 0 Å². The molecule has 120 valence electrons. The highest BCUT2D eigenvalue weighted by Crippen LogP contribution is 2.35. The maximum absolute atomic E-state index is 12.8. The van der Waals surface area contributed by atoms with Crippen molar-refractivity contribution >= 4 is 58.1 Å². The average molecular weight is 381 g/mol. The molecule has 0 unspecified atom stereocenters. The van der Waals surface area contributed by atoms with Crippen LogP contribution >= 0.6 is 34.8 Å². The van der Waals surface area contributed by atoms with Crippen LogP contribution in [0.2, 0.25) is 5.02 Å². The minimum atomic E-state index is -0.781. The highest BCUT2D eigenvalue weighted by molar-refractivity contribution is 6.62. The predicted molar refractivity (Wildman–Crippen MR) is 92.6 cm³/mol. The molecule has 0 atom stereocenters. The Labute approximate surface area is 152 Å². The summed E-state index contributed by atoms with van der Waals surface area (Å²) < 4.78 is 0. The first kappa shape index (κ1) is 16.7. The Morgan fingerprint density at radius 2 is 1.42 bits per heavy atom. The third-order valence-electron chi connectivity index (χ3n) is 3.45. The number of benzene rings is 2. The Bertz CT molecular complexity index is 883. The van der Waals surface area contributed by atoms with E-state index in [1.807, 2.05) is 0 Å². The van der Waals surface area contributed by atoms with E-state index in [1.54, 1.807) is 30.3 Å². The molecule has 0 saturated heterocycles. The molecule has 1 aliphatic rings. The molecule has 0 bridgehead atoms. The second kappa shape index (κ2) is 6.40. The Kier molecular flexibility index (Phi) is 4.45. The first-order chi connectivity index (χ1) is 11.4. The van der Waals surface area contributed by atoms with Crippen LogP contribution < -0.4 is 4.90 Å². The number of anilines is 1. The minimum Gasteiger partial charge on any atom is -0.289 e. The fourth-order valence-corrected chi connectivity index (χ4v) is 2.83. The number of imide groups is 1. The number of ketones is 1. The topological polar surface area (TPSA) is 54.5 Å². The highest BCUT2D eigenvalue weighted by atomic mass is 35.5. The molecule has 2 aromatic carbocycles. The molecule has 4 nitrogen and oxygen atoms in total. The molecule has 2 amide bonds. The van der Waals surface area contributed by atoms with Crippen LogP contribution in [0.15, 0.2) is 58.6 Å². The molecule has 2 aromatic rings. The van der Waals surface area contributed by atoms with Crippen LogP contribution in [0.4, 0.5) is 5.69 Å². The molecule has 0 N–H and O–H groups in total. The van der Waals surface area contributed by atoms with E-state index in [1.165, 1.54) is 18.2 Å². The Morgan fingerprint density at radius 1 is 0.833 bits per heavy atom. The van der Waals surface area contributed by atoms with Crippen LogP contribution in [0, 0.1) is 0 Å². The van der Waals surface area contributed by atoms with Gasteiger partial charge in [0.05, 0.1) is 5.69 Å². The predicted octanol–water partition coefficient (Wildman–Crippen LogP) is 4.13. The molecule has 0 aromatic heterocycles. The Balaban J connectivity index is 2.13. The molecule has 0 fully saturated rings. The summed E-state index contributed by atoms with van der Waals surface area (Å²) in [5.74, 6) is -1.94. The molecule has 0 saturated carbocycles. The van der Waals surface area contributed by atoms with E-state index in [0.29, 0.717) is 10.6 Å². The van der Waals surface area contributed by atoms with E-state index in [2.05, 4.69) is 0 Å². The van der Waals surface area contributed by atoms with Crippen molar-refractivity contribution in [3.63, 3.8) is 0 Å². The maximum atomic E-state index is 12.8. The molecule has 0 spiro atoms. The normalized spacial score (nSPS) is 14.5. The van der Waals surface area contributed by atoms with Crippen molar-refractivity contribution in [1.29, 1.82) is 0 Å². The maximum Gasteiger partial charge on any atom is 0.278 e. The van der Waals surface area contributed by atoms with Crippen molar-refractivity contribution in [3.05, 3.63) is 74.7 Å². The summed E-state index contributed by atoms with van der Waals surface area (Å²) in [5.41, 5.74) is 0.577. The molecule has 1 aliphatic heterocycles. The van der Waals surface area contributed by atoms with Crippen molar-refractivity contribution in [3.8, 4) is 0 Å². The lowest BCUT2D eigenvalue weighted by Crippen LogP contribution is -2.32. The van der Waals surface area contributed by atoms with E-state index in [-0.39, 0.29) is 27.1 Å². The standard InChI is InChI=1S/C17H8Cl3NO3/c18-10-6-7-12(21-16(23)13(19)14(20)17(21)24)11(8-10)15(22)9-4-2-1-3-5-9/h1-8H. The van der Waals surface area contributed by atoms with Crippen LogP contribution in [0.25, 0.3) is 0 Å². The monoisotopic (exact) mass is 379 g/mol. The first-order valence-corrected chi connectivity index (χ1v) is 7.88. The molecule has 0 aliphatic carbocycles. The molecule has 24 heavy (non-hydrogen) atoms. The summed E-state index contributed by atoms with van der Waals surface area (Å²) in [5, 5.41) is -0.466. The van der Waals surface area contributed by atoms with Gasteiger partial charge in [0.1, 0.15) is 10.1 Å². The summed E-state index contributed by atoms with van der Waals surface area (Å²) in [6.07, 6.45) is 0. The van der Waals surface area contributed by atoms with Crippen molar-refractivity contribution in [2.45, 2.75) is 0 Å². The number of amides is 2. The first-order valence-electron chi connectivity index (χ1n) is 6.75. The van der Waals surface area contributed by atoms with Crippen molar-refractivity contribution in [2.24, 2.45) is 0 Å². The summed E-state index contributed by atoms with van der Waals surface area (Å²) in [4.78, 5) is 38.0. The van der Waals surface area contributed by atoms with Crippen molar-refractivity contribution < 1.29 is 14.4 Å². The van der Waals surface area contributed by atoms with Crippen molar-refractivity contribution in [1.82, 2.24) is 0 Å². The fourth-order valence-electron chi connectivity index (χ4n) is 2.33. The Morgan fingerprint density at radius 3 is 2.00 bits per heavy atom. The summed E-state index contributed by atoms with van der Waals surface area (Å²) in [7, 11) is 0. The van der Waals surface area contributed by atoms with Crippen LogP contribution in [0.1, 0.15) is 15.9 Å². The zero-order valence-electron chi connectivity index (χ0n) is 11.9. The molecule has 0 radical (unpaired) electrons. The van der Waals surface area contributed by atoms with Gasteiger partial charge in [-0.05, 0) is 18.2 Å². The summed E-state index contributed by atoms with van der Waals surface area (Å²) in [6, 6.07) is 12.7. The number of carbonyl (C=O) groups excluding carboxylic acids is 3. The van der Waals surface area contributed by atoms with E-state index < -0.39 is 11.8 Å². The molecular formula is C17H8Cl3NO3. The largest absolute Gasteiger partial charge is 0.289 e. The van der Waals surface area contributed by atoms with Gasteiger partial charge in [-0.3, -0.25) is 14.4 Å². The van der Waals surface area contributed by atoms with Gasteiger partial charge >= 0.3 is 0 Å². The number of rotatable bonds is 3. The highest BCUT2D eigenvalue weighted by Gasteiger charge is 2.39. The third-order valence-corrected chi connectivity index (χ3v) is 4.49. The molecule has 3 rings (SSSR count). The van der Waals surface area contributed by atoms with Gasteiger partial charge in [0, 0.05) is 16.1 Å². The Hall–Kier alpha value is -2.14. The lowest BCUT2D eigenvalue weighted by atomic mass is 10.0. The van der Waals surface area contributed by atoms with Crippen molar-refractivity contribution in [2.75, 3.05) is 4.90 Å². The summed E-state index contributed by atoms with van der Waals surface area (Å²) >= 11 is 17.5. The zero-order chi connectivity index (χ0) is 17.4. The number of halogens is 3. The fraction of sp³-hybridized carbons (Fsp3) is 0. The zero-order valence-corrected chi connectivity index (χ0v) is 14.2. The van der Waals surface area contributed by atoms with Gasteiger partial charge in [0.15, 0.2) is 5.78 Å². The molecule has 7 heteroatoms. The number of hydrogen-bond donors (Lipinski definition) is 0. The van der Waals surface area contributed by atoms with Gasteiger partial charge in [-0.2, -0.15) is 0 Å². The smallest absolute Gasteiger partial charge is 0.278 e. The van der Waals surface area contributed by atoms with Crippen LogP contribution in [-0.4, -0.2) is 17.6 Å². The number of carbonyl (C=O) groups is 3. The van der Waals surface area contributed by atoms with Crippen LogP contribution in [0.5, 0.6) is 0 Å². The minimum absolute atomic E-state index is 0.0806. The van der Waals surface area contributed by atoms with E-state index in [9.17, 15) is 14.4 Å². The average Bonchev–Trinajstić information content (AvgIpc) is 2.79. The van der Waals surface area contributed by atoms with Gasteiger partial charge in [-0.1, -0.05) is 65.1 Å². The third kappa shape index (κ3) is 2.73. The van der Waals surface area contributed by atoms with Crippen LogP contribution in [-0.2, 0) is 9.59 Å². The summed E-state index contributed by atoms with van der Waals surface area (Å²) in [6.45, 7) is 0. The lowest BCUT2D eigenvalue weighted by molar-refractivity contribution is -0.120. The van der Waals surface area contributed by atoms with Gasteiger partial charge < -0.3 is 0 Å². The molecular weight excluding hydrogens is 373 g/mol. The SMILES string of the molecule is O=C(c1ccccc1)c1cc(Cl)ccc1N1C(=O)C(Cl)=C(Cl)C1=O. The van der Waals surface area contributed by atoms with E-state index in [4.69, 9.17) is 34.8 Å². The number of hydrogen-bond acceptors (Lipinski definition) is 3. The van der Waals surface area contributed by atoms with Gasteiger partial charge in [0.2, 0.25) is 0 Å².